The Morgan fingerprint density at radius 3 is 2.67 bits per heavy atom. The number of ether oxygens (including phenoxy) is 2. The summed E-state index contributed by atoms with van der Waals surface area (Å²) in [6.07, 6.45) is 4.98. The van der Waals surface area contributed by atoms with Crippen LogP contribution in [-0.2, 0) is 17.8 Å². The second-order valence-electron chi connectivity index (χ2n) is 5.48. The molecule has 1 aliphatic rings. The number of rotatable bonds is 3. The smallest absolute Gasteiger partial charge is 0.220 e. The van der Waals surface area contributed by atoms with Crippen LogP contribution in [0.1, 0.15) is 31.9 Å². The quantitative estimate of drug-likeness (QED) is 0.803. The lowest BCUT2D eigenvalue weighted by Gasteiger charge is -2.25. The van der Waals surface area contributed by atoms with Crippen molar-refractivity contribution in [2.45, 2.75) is 39.8 Å². The Kier molecular flexibility index (Phi) is 4.89. The monoisotopic (exact) mass is 289 g/mol. The van der Waals surface area contributed by atoms with E-state index in [1.54, 1.807) is 14.0 Å². The summed E-state index contributed by atoms with van der Waals surface area (Å²) in [4.78, 5) is 13.5. The van der Waals surface area contributed by atoms with Gasteiger partial charge in [-0.3, -0.25) is 4.79 Å². The Balaban J connectivity index is 2.47. The summed E-state index contributed by atoms with van der Waals surface area (Å²) in [5.74, 6) is 1.61. The van der Waals surface area contributed by atoms with Crippen molar-refractivity contribution in [1.29, 1.82) is 0 Å². The van der Waals surface area contributed by atoms with E-state index in [1.807, 2.05) is 37.0 Å². The standard InChI is InChI=1S/C17H23NO3/c1-12(2)21-17-15-7-5-6-10-18(13(3)19)11-14(15)8-9-16(17)20-4/h5-6,8-9,12H,7,10-11H2,1-4H3/b6-5-. The summed E-state index contributed by atoms with van der Waals surface area (Å²) >= 11 is 0. The number of amides is 1. The first-order valence-electron chi connectivity index (χ1n) is 7.28. The van der Waals surface area contributed by atoms with E-state index >= 15 is 0 Å². The minimum absolute atomic E-state index is 0.0729. The molecule has 1 heterocycles. The Bertz CT molecular complexity index is 549. The summed E-state index contributed by atoms with van der Waals surface area (Å²) < 4.78 is 11.4. The van der Waals surface area contributed by atoms with Crippen molar-refractivity contribution in [2.24, 2.45) is 0 Å². The summed E-state index contributed by atoms with van der Waals surface area (Å²) in [5.41, 5.74) is 2.22. The van der Waals surface area contributed by atoms with E-state index in [4.69, 9.17) is 9.47 Å². The molecule has 0 radical (unpaired) electrons. The number of hydrogen-bond donors (Lipinski definition) is 0. The van der Waals surface area contributed by atoms with Crippen LogP contribution in [0, 0.1) is 0 Å². The molecule has 1 aromatic carbocycles. The number of allylic oxidation sites excluding steroid dienone is 1. The maximum absolute atomic E-state index is 11.7. The van der Waals surface area contributed by atoms with E-state index in [1.165, 1.54) is 0 Å². The molecule has 0 aromatic heterocycles. The van der Waals surface area contributed by atoms with Crippen molar-refractivity contribution in [3.05, 3.63) is 35.4 Å². The molecule has 0 unspecified atom stereocenters. The summed E-state index contributed by atoms with van der Waals surface area (Å²) in [6, 6.07) is 3.94. The second kappa shape index (κ2) is 6.66. The molecule has 1 aliphatic heterocycles. The molecule has 4 nitrogen and oxygen atoms in total. The first kappa shape index (κ1) is 15.4. The van der Waals surface area contributed by atoms with Gasteiger partial charge in [0.05, 0.1) is 13.2 Å². The predicted molar refractivity (Wildman–Crippen MR) is 82.7 cm³/mol. The Hall–Kier alpha value is -1.97. The normalized spacial score (nSPS) is 16.0. The Morgan fingerprint density at radius 1 is 1.29 bits per heavy atom. The predicted octanol–water partition coefficient (Wildman–Crippen LogP) is 2.94. The number of fused-ring (bicyclic) bond motifs is 1. The number of benzene rings is 1. The van der Waals surface area contributed by atoms with Crippen LogP contribution in [0.3, 0.4) is 0 Å². The third-order valence-corrected chi connectivity index (χ3v) is 3.52. The molecule has 1 amide bonds. The molecule has 0 fully saturated rings. The third kappa shape index (κ3) is 3.57. The molecule has 0 saturated heterocycles. The van der Waals surface area contributed by atoms with Gasteiger partial charge in [0.15, 0.2) is 11.5 Å². The van der Waals surface area contributed by atoms with Crippen molar-refractivity contribution < 1.29 is 14.3 Å². The van der Waals surface area contributed by atoms with Crippen LogP contribution in [0.2, 0.25) is 0 Å². The summed E-state index contributed by atoms with van der Waals surface area (Å²) in [5, 5.41) is 0. The summed E-state index contributed by atoms with van der Waals surface area (Å²) in [7, 11) is 1.65. The molecule has 4 heteroatoms. The van der Waals surface area contributed by atoms with Crippen molar-refractivity contribution in [1.82, 2.24) is 4.90 Å². The van der Waals surface area contributed by atoms with Gasteiger partial charge in [-0.25, -0.2) is 0 Å². The maximum Gasteiger partial charge on any atom is 0.220 e. The van der Waals surface area contributed by atoms with Gasteiger partial charge >= 0.3 is 0 Å². The van der Waals surface area contributed by atoms with Gasteiger partial charge in [-0.15, -0.1) is 0 Å². The van der Waals surface area contributed by atoms with Crippen molar-refractivity contribution >= 4 is 5.91 Å². The lowest BCUT2D eigenvalue weighted by atomic mass is 10.00. The third-order valence-electron chi connectivity index (χ3n) is 3.52. The maximum atomic E-state index is 11.7. The van der Waals surface area contributed by atoms with Crippen LogP contribution in [0.4, 0.5) is 0 Å². The molecule has 1 aromatic rings. The molecular weight excluding hydrogens is 266 g/mol. The van der Waals surface area contributed by atoms with E-state index < -0.39 is 0 Å². The molecular formula is C17H23NO3. The van der Waals surface area contributed by atoms with Crippen molar-refractivity contribution in [3.63, 3.8) is 0 Å². The molecule has 0 saturated carbocycles. The van der Waals surface area contributed by atoms with Gasteiger partial charge in [0.2, 0.25) is 5.91 Å². The number of carbonyl (C=O) groups is 1. The van der Waals surface area contributed by atoms with Gasteiger partial charge in [-0.1, -0.05) is 18.2 Å². The molecule has 21 heavy (non-hydrogen) atoms. The SMILES string of the molecule is COc1ccc2c(c1OC(C)C)C/C=C\CN(C(C)=O)C2. The molecule has 0 spiro atoms. The van der Waals surface area contributed by atoms with Crippen molar-refractivity contribution in [2.75, 3.05) is 13.7 Å². The first-order chi connectivity index (χ1) is 10.0. The van der Waals surface area contributed by atoms with Crippen LogP contribution < -0.4 is 9.47 Å². The molecule has 114 valence electrons. The zero-order valence-electron chi connectivity index (χ0n) is 13.2. The highest BCUT2D eigenvalue weighted by atomic mass is 16.5. The van der Waals surface area contributed by atoms with Gasteiger partial charge < -0.3 is 14.4 Å². The van der Waals surface area contributed by atoms with Crippen LogP contribution in [0.15, 0.2) is 24.3 Å². The zero-order chi connectivity index (χ0) is 15.4. The topological polar surface area (TPSA) is 38.8 Å². The van der Waals surface area contributed by atoms with Gasteiger partial charge in [0.25, 0.3) is 0 Å². The van der Waals surface area contributed by atoms with E-state index in [-0.39, 0.29) is 12.0 Å². The van der Waals surface area contributed by atoms with Gasteiger partial charge in [-0.05, 0) is 31.9 Å². The van der Waals surface area contributed by atoms with E-state index in [0.29, 0.717) is 13.1 Å². The highest BCUT2D eigenvalue weighted by molar-refractivity contribution is 5.73. The van der Waals surface area contributed by atoms with Gasteiger partial charge in [0, 0.05) is 25.6 Å². The highest BCUT2D eigenvalue weighted by Gasteiger charge is 2.19. The van der Waals surface area contributed by atoms with Gasteiger partial charge in [-0.2, -0.15) is 0 Å². The summed E-state index contributed by atoms with van der Waals surface area (Å²) in [6.45, 7) is 6.86. The minimum atomic E-state index is 0.0729. The fourth-order valence-corrected chi connectivity index (χ4v) is 2.46. The van der Waals surface area contributed by atoms with E-state index in [9.17, 15) is 4.79 Å². The van der Waals surface area contributed by atoms with Crippen molar-refractivity contribution in [3.8, 4) is 11.5 Å². The average molecular weight is 289 g/mol. The second-order valence-corrected chi connectivity index (χ2v) is 5.48. The molecule has 0 aliphatic carbocycles. The van der Waals surface area contributed by atoms with Crippen LogP contribution in [0.5, 0.6) is 11.5 Å². The fourth-order valence-electron chi connectivity index (χ4n) is 2.46. The minimum Gasteiger partial charge on any atom is -0.493 e. The van der Waals surface area contributed by atoms with E-state index in [0.717, 1.165) is 29.0 Å². The van der Waals surface area contributed by atoms with Crippen LogP contribution in [-0.4, -0.2) is 30.6 Å². The highest BCUT2D eigenvalue weighted by Crippen LogP contribution is 2.36. The Morgan fingerprint density at radius 2 is 2.05 bits per heavy atom. The molecule has 2 rings (SSSR count). The zero-order valence-corrected chi connectivity index (χ0v) is 13.2. The number of nitrogens with zero attached hydrogens (tertiary/aromatic N) is 1. The molecule has 0 N–H and O–H groups in total. The largest absolute Gasteiger partial charge is 0.493 e. The molecule has 0 bridgehead atoms. The first-order valence-corrected chi connectivity index (χ1v) is 7.28. The fraction of sp³-hybridized carbons (Fsp3) is 0.471. The van der Waals surface area contributed by atoms with Crippen LogP contribution in [0.25, 0.3) is 0 Å². The lowest BCUT2D eigenvalue weighted by molar-refractivity contribution is -0.128. The van der Waals surface area contributed by atoms with Gasteiger partial charge in [0.1, 0.15) is 0 Å². The number of carbonyl (C=O) groups excluding carboxylic acids is 1. The van der Waals surface area contributed by atoms with Crippen LogP contribution >= 0.6 is 0 Å². The number of methoxy groups -OCH3 is 1. The number of hydrogen-bond acceptors (Lipinski definition) is 3. The Labute approximate surface area is 126 Å². The lowest BCUT2D eigenvalue weighted by Crippen LogP contribution is -2.29. The molecule has 0 atom stereocenters. The van der Waals surface area contributed by atoms with E-state index in [2.05, 4.69) is 6.08 Å². The average Bonchev–Trinajstić information content (AvgIpc) is 2.39.